The van der Waals surface area contributed by atoms with Crippen LogP contribution in [-0.2, 0) is 11.3 Å². The van der Waals surface area contributed by atoms with Gasteiger partial charge in [0.15, 0.2) is 17.6 Å². The van der Waals surface area contributed by atoms with Gasteiger partial charge in [-0.3, -0.25) is 9.69 Å². The first-order valence-corrected chi connectivity index (χ1v) is 10.2. The van der Waals surface area contributed by atoms with E-state index in [0.717, 1.165) is 23.0 Å². The lowest BCUT2D eigenvalue weighted by Gasteiger charge is -2.20. The minimum Gasteiger partial charge on any atom is -0.497 e. The monoisotopic (exact) mass is 440 g/mol. The maximum Gasteiger partial charge on any atom is 0.267 e. The Hall–Kier alpha value is -3.52. The number of carbonyl (C=O) groups excluding carboxylic acids is 1. The van der Waals surface area contributed by atoms with Crippen LogP contribution in [0.1, 0.15) is 5.56 Å². The molecule has 0 fully saturated rings. The Bertz CT molecular complexity index is 1200. The van der Waals surface area contributed by atoms with Crippen molar-refractivity contribution >= 4 is 32.6 Å². The highest BCUT2D eigenvalue weighted by Gasteiger charge is 2.22. The van der Waals surface area contributed by atoms with Crippen molar-refractivity contribution in [1.82, 2.24) is 4.98 Å². The third-order valence-corrected chi connectivity index (χ3v) is 5.56. The van der Waals surface area contributed by atoms with Crippen molar-refractivity contribution in [3.63, 3.8) is 0 Å². The zero-order valence-electron chi connectivity index (χ0n) is 16.5. The minimum atomic E-state index is -0.765. The molecule has 5 nitrogen and oxygen atoms in total. The molecule has 4 rings (SSSR count). The van der Waals surface area contributed by atoms with E-state index >= 15 is 0 Å². The molecule has 3 aromatic carbocycles. The van der Waals surface area contributed by atoms with E-state index in [2.05, 4.69) is 4.98 Å². The second-order valence-electron chi connectivity index (χ2n) is 6.66. The third-order valence-electron chi connectivity index (χ3n) is 4.54. The van der Waals surface area contributed by atoms with Crippen LogP contribution in [-0.4, -0.2) is 24.6 Å². The van der Waals surface area contributed by atoms with Gasteiger partial charge in [-0.15, -0.1) is 0 Å². The minimum absolute atomic E-state index is 0.0309. The van der Waals surface area contributed by atoms with E-state index in [-0.39, 0.29) is 29.7 Å². The summed E-state index contributed by atoms with van der Waals surface area (Å²) in [5.74, 6) is -0.637. The highest BCUT2D eigenvalue weighted by molar-refractivity contribution is 7.22. The Labute approximate surface area is 181 Å². The molecule has 0 aliphatic heterocycles. The predicted octanol–water partition coefficient (Wildman–Crippen LogP) is 5.20. The van der Waals surface area contributed by atoms with Crippen LogP contribution in [0.5, 0.6) is 11.5 Å². The molecule has 1 aromatic heterocycles. The Morgan fingerprint density at radius 3 is 2.45 bits per heavy atom. The number of halogens is 2. The van der Waals surface area contributed by atoms with Crippen molar-refractivity contribution in [2.45, 2.75) is 6.54 Å². The number of rotatable bonds is 7. The Kier molecular flexibility index (Phi) is 6.08. The summed E-state index contributed by atoms with van der Waals surface area (Å²) in [6.07, 6.45) is 0. The number of carbonyl (C=O) groups is 1. The molecule has 0 spiro atoms. The molecular weight excluding hydrogens is 422 g/mol. The molecule has 1 amide bonds. The van der Waals surface area contributed by atoms with Gasteiger partial charge in [0.25, 0.3) is 5.91 Å². The number of ether oxygens (including phenoxy) is 2. The molecule has 4 aromatic rings. The average molecular weight is 440 g/mol. The van der Waals surface area contributed by atoms with Crippen molar-refractivity contribution in [2.75, 3.05) is 18.6 Å². The predicted molar refractivity (Wildman–Crippen MR) is 116 cm³/mol. The number of aromatic nitrogens is 1. The van der Waals surface area contributed by atoms with Crippen molar-refractivity contribution in [3.8, 4) is 11.5 Å². The first-order chi connectivity index (χ1) is 15.0. The first kappa shape index (κ1) is 20.7. The number of hydrogen-bond acceptors (Lipinski definition) is 5. The van der Waals surface area contributed by atoms with E-state index in [1.54, 1.807) is 31.4 Å². The van der Waals surface area contributed by atoms with Gasteiger partial charge in [-0.2, -0.15) is 0 Å². The summed E-state index contributed by atoms with van der Waals surface area (Å²) in [6, 6.07) is 18.2. The third kappa shape index (κ3) is 4.80. The van der Waals surface area contributed by atoms with Gasteiger partial charge in [-0.05, 0) is 35.9 Å². The highest BCUT2D eigenvalue weighted by atomic mass is 32.1. The van der Waals surface area contributed by atoms with Crippen LogP contribution in [0.2, 0.25) is 0 Å². The van der Waals surface area contributed by atoms with Gasteiger partial charge in [-0.1, -0.05) is 41.7 Å². The number of benzene rings is 3. The average Bonchev–Trinajstić information content (AvgIpc) is 3.21. The molecule has 0 N–H and O–H groups in total. The van der Waals surface area contributed by atoms with Crippen LogP contribution < -0.4 is 14.4 Å². The lowest BCUT2D eigenvalue weighted by molar-refractivity contribution is -0.120. The van der Waals surface area contributed by atoms with Gasteiger partial charge in [0, 0.05) is 6.07 Å². The Morgan fingerprint density at radius 2 is 1.74 bits per heavy atom. The van der Waals surface area contributed by atoms with Crippen LogP contribution in [0, 0.1) is 11.6 Å². The number of methoxy groups -OCH3 is 1. The van der Waals surface area contributed by atoms with Crippen LogP contribution in [0.25, 0.3) is 10.2 Å². The van der Waals surface area contributed by atoms with Crippen molar-refractivity contribution in [1.29, 1.82) is 0 Å². The van der Waals surface area contributed by atoms with E-state index in [4.69, 9.17) is 9.47 Å². The molecule has 31 heavy (non-hydrogen) atoms. The van der Waals surface area contributed by atoms with E-state index in [1.165, 1.54) is 11.0 Å². The molecular formula is C23H18F2N2O3S. The highest BCUT2D eigenvalue weighted by Crippen LogP contribution is 2.32. The summed E-state index contributed by atoms with van der Waals surface area (Å²) < 4.78 is 38.8. The molecule has 158 valence electrons. The normalized spacial score (nSPS) is 10.8. The van der Waals surface area contributed by atoms with Gasteiger partial charge < -0.3 is 9.47 Å². The maximum atomic E-state index is 14.1. The topological polar surface area (TPSA) is 51.7 Å². The van der Waals surface area contributed by atoms with Crippen molar-refractivity contribution in [3.05, 3.63) is 83.9 Å². The van der Waals surface area contributed by atoms with Crippen LogP contribution in [0.15, 0.2) is 66.7 Å². The Balaban J connectivity index is 1.60. The van der Waals surface area contributed by atoms with Crippen LogP contribution >= 0.6 is 11.3 Å². The van der Waals surface area contributed by atoms with Crippen molar-refractivity contribution < 1.29 is 23.0 Å². The second kappa shape index (κ2) is 9.09. The molecule has 0 saturated heterocycles. The lowest BCUT2D eigenvalue weighted by Crippen LogP contribution is -2.34. The summed E-state index contributed by atoms with van der Waals surface area (Å²) in [4.78, 5) is 18.7. The number of anilines is 1. The quantitative estimate of drug-likeness (QED) is 0.397. The maximum absolute atomic E-state index is 14.1. The van der Waals surface area contributed by atoms with E-state index in [0.29, 0.717) is 16.2 Å². The lowest BCUT2D eigenvalue weighted by atomic mass is 10.2. The van der Waals surface area contributed by atoms with Gasteiger partial charge >= 0.3 is 0 Å². The van der Waals surface area contributed by atoms with Gasteiger partial charge in [0.1, 0.15) is 22.8 Å². The fourth-order valence-electron chi connectivity index (χ4n) is 2.98. The molecule has 0 unspecified atom stereocenters. The van der Waals surface area contributed by atoms with E-state index < -0.39 is 11.6 Å². The molecule has 0 atom stereocenters. The number of nitrogens with zero attached hydrogens (tertiary/aromatic N) is 2. The summed E-state index contributed by atoms with van der Waals surface area (Å²) in [7, 11) is 1.56. The fraction of sp³-hybridized carbons (Fsp3) is 0.130. The second-order valence-corrected chi connectivity index (χ2v) is 7.67. The van der Waals surface area contributed by atoms with E-state index in [9.17, 15) is 13.6 Å². The molecule has 0 aliphatic rings. The number of thiazole rings is 1. The molecule has 0 aliphatic carbocycles. The molecule has 0 radical (unpaired) electrons. The van der Waals surface area contributed by atoms with Gasteiger partial charge in [0.2, 0.25) is 0 Å². The summed E-state index contributed by atoms with van der Waals surface area (Å²) in [5, 5.41) is 0.270. The van der Waals surface area contributed by atoms with Crippen LogP contribution in [0.4, 0.5) is 13.9 Å². The number of hydrogen-bond donors (Lipinski definition) is 0. The number of fused-ring (bicyclic) bond motifs is 1. The molecule has 0 bridgehead atoms. The van der Waals surface area contributed by atoms with Gasteiger partial charge in [-0.25, -0.2) is 13.8 Å². The summed E-state index contributed by atoms with van der Waals surface area (Å²) in [5.41, 5.74) is 0.898. The van der Waals surface area contributed by atoms with E-state index in [1.807, 2.05) is 30.3 Å². The van der Waals surface area contributed by atoms with Crippen molar-refractivity contribution in [2.24, 2.45) is 0 Å². The summed E-state index contributed by atoms with van der Waals surface area (Å²) >= 11 is 1.05. The van der Waals surface area contributed by atoms with Crippen LogP contribution in [0.3, 0.4) is 0 Å². The van der Waals surface area contributed by atoms with Gasteiger partial charge in [0.05, 0.1) is 18.4 Å². The molecule has 0 saturated carbocycles. The Morgan fingerprint density at radius 1 is 1.03 bits per heavy atom. The largest absolute Gasteiger partial charge is 0.497 e. The number of amides is 1. The zero-order chi connectivity index (χ0) is 21.8. The standard InChI is InChI=1S/C23H18F2N2O3S/c1-29-17-7-9-18(10-8-17)30-14-21(28)27(13-15-5-3-2-4-6-15)23-26-22-19(25)11-16(24)12-20(22)31-23/h2-12H,13-14H2,1H3. The summed E-state index contributed by atoms with van der Waals surface area (Å²) in [6.45, 7) is -0.0263. The zero-order valence-corrected chi connectivity index (χ0v) is 17.4. The molecule has 1 heterocycles. The SMILES string of the molecule is COc1ccc(OCC(=O)N(Cc2ccccc2)c2nc3c(F)cc(F)cc3s2)cc1. The smallest absolute Gasteiger partial charge is 0.267 e. The molecule has 8 heteroatoms. The fourth-order valence-corrected chi connectivity index (χ4v) is 4.01. The first-order valence-electron chi connectivity index (χ1n) is 9.40.